The van der Waals surface area contributed by atoms with Gasteiger partial charge in [-0.15, -0.1) is 0 Å². The number of aromatic nitrogens is 3. The Morgan fingerprint density at radius 1 is 1.19 bits per heavy atom. The highest BCUT2D eigenvalue weighted by molar-refractivity contribution is 5.98. The maximum absolute atomic E-state index is 15.7. The Bertz CT molecular complexity index is 1290. The topological polar surface area (TPSA) is 71.4 Å². The monoisotopic (exact) mass is 418 g/mol. The van der Waals surface area contributed by atoms with E-state index < -0.39 is 5.82 Å². The summed E-state index contributed by atoms with van der Waals surface area (Å²) in [6, 6.07) is 12.0. The molecule has 0 unspecified atom stereocenters. The number of likely N-dealkylation sites (tertiary alicyclic amines) is 1. The molecule has 1 fully saturated rings. The SMILES string of the molecule is Cc1cc(-c2ncc3c(O)nc(OC[C@@H]4CCCN4C)nc3c2F)c2ccccc2c1. The van der Waals surface area contributed by atoms with Crippen molar-refractivity contribution in [3.05, 3.63) is 54.0 Å². The highest BCUT2D eigenvalue weighted by atomic mass is 19.1. The number of benzene rings is 2. The summed E-state index contributed by atoms with van der Waals surface area (Å²) >= 11 is 0. The van der Waals surface area contributed by atoms with Gasteiger partial charge in [0.25, 0.3) is 0 Å². The number of nitrogens with zero attached hydrogens (tertiary/aromatic N) is 4. The molecule has 7 heteroatoms. The van der Waals surface area contributed by atoms with E-state index in [0.29, 0.717) is 12.2 Å². The lowest BCUT2D eigenvalue weighted by Crippen LogP contribution is -2.30. The summed E-state index contributed by atoms with van der Waals surface area (Å²) in [5.74, 6) is -0.944. The maximum atomic E-state index is 15.7. The first-order valence-electron chi connectivity index (χ1n) is 10.4. The van der Waals surface area contributed by atoms with Crippen LogP contribution in [0, 0.1) is 12.7 Å². The largest absolute Gasteiger partial charge is 0.493 e. The number of ether oxygens (including phenoxy) is 1. The van der Waals surface area contributed by atoms with Crippen LogP contribution < -0.4 is 4.74 Å². The molecule has 1 aliphatic heterocycles. The summed E-state index contributed by atoms with van der Waals surface area (Å²) in [6.07, 6.45) is 3.55. The van der Waals surface area contributed by atoms with Gasteiger partial charge in [0, 0.05) is 17.8 Å². The van der Waals surface area contributed by atoms with Crippen molar-refractivity contribution < 1.29 is 14.2 Å². The number of aryl methyl sites for hydroxylation is 1. The summed E-state index contributed by atoms with van der Waals surface area (Å²) in [7, 11) is 2.05. The van der Waals surface area contributed by atoms with Crippen molar-refractivity contribution in [3.63, 3.8) is 0 Å². The average Bonchev–Trinajstić information content (AvgIpc) is 3.17. The molecular formula is C24H23FN4O2. The van der Waals surface area contributed by atoms with Gasteiger partial charge in [0.05, 0.1) is 5.39 Å². The Morgan fingerprint density at radius 2 is 2.03 bits per heavy atom. The molecular weight excluding hydrogens is 395 g/mol. The predicted molar refractivity (Wildman–Crippen MR) is 118 cm³/mol. The third kappa shape index (κ3) is 3.55. The van der Waals surface area contributed by atoms with Crippen molar-refractivity contribution in [2.45, 2.75) is 25.8 Å². The maximum Gasteiger partial charge on any atom is 0.320 e. The number of fused-ring (bicyclic) bond motifs is 2. The molecule has 2 aromatic heterocycles. The van der Waals surface area contributed by atoms with Gasteiger partial charge < -0.3 is 14.7 Å². The smallest absolute Gasteiger partial charge is 0.320 e. The van der Waals surface area contributed by atoms with Crippen molar-refractivity contribution in [1.82, 2.24) is 19.9 Å². The Hall–Kier alpha value is -3.32. The van der Waals surface area contributed by atoms with Gasteiger partial charge in [-0.05, 0) is 55.8 Å². The molecule has 1 atom stereocenters. The quantitative estimate of drug-likeness (QED) is 0.527. The van der Waals surface area contributed by atoms with Crippen LogP contribution in [0.25, 0.3) is 32.9 Å². The van der Waals surface area contributed by atoms with Gasteiger partial charge in [-0.2, -0.15) is 9.97 Å². The Balaban J connectivity index is 1.59. The summed E-state index contributed by atoms with van der Waals surface area (Å²) in [5, 5.41) is 12.4. The second-order valence-corrected chi connectivity index (χ2v) is 8.13. The van der Waals surface area contributed by atoms with Crippen molar-refractivity contribution in [3.8, 4) is 23.1 Å². The number of hydrogen-bond donors (Lipinski definition) is 1. The lowest BCUT2D eigenvalue weighted by molar-refractivity contribution is 0.187. The average molecular weight is 418 g/mol. The minimum absolute atomic E-state index is 0.00198. The van der Waals surface area contributed by atoms with E-state index in [-0.39, 0.29) is 34.5 Å². The number of rotatable bonds is 4. The molecule has 31 heavy (non-hydrogen) atoms. The van der Waals surface area contributed by atoms with Crippen LogP contribution in [-0.4, -0.2) is 51.2 Å². The molecule has 0 amide bonds. The predicted octanol–water partition coefficient (Wildman–Crippen LogP) is 4.47. The van der Waals surface area contributed by atoms with Crippen LogP contribution in [0.3, 0.4) is 0 Å². The lowest BCUT2D eigenvalue weighted by atomic mass is 9.98. The zero-order chi connectivity index (χ0) is 21.5. The zero-order valence-electron chi connectivity index (χ0n) is 17.5. The summed E-state index contributed by atoms with van der Waals surface area (Å²) in [4.78, 5) is 14.8. The van der Waals surface area contributed by atoms with E-state index in [1.807, 2.05) is 44.3 Å². The first-order chi connectivity index (χ1) is 15.0. The van der Waals surface area contributed by atoms with Gasteiger partial charge in [0.2, 0.25) is 5.88 Å². The second-order valence-electron chi connectivity index (χ2n) is 8.13. The van der Waals surface area contributed by atoms with Gasteiger partial charge in [-0.1, -0.05) is 30.3 Å². The highest BCUT2D eigenvalue weighted by Crippen LogP contribution is 2.34. The van der Waals surface area contributed by atoms with Crippen molar-refractivity contribution in [2.75, 3.05) is 20.2 Å². The molecule has 6 nitrogen and oxygen atoms in total. The van der Waals surface area contributed by atoms with Crippen LogP contribution in [0.4, 0.5) is 4.39 Å². The molecule has 0 bridgehead atoms. The fourth-order valence-corrected chi connectivity index (χ4v) is 4.29. The molecule has 2 aromatic carbocycles. The first kappa shape index (κ1) is 19.6. The van der Waals surface area contributed by atoms with E-state index in [4.69, 9.17) is 4.74 Å². The molecule has 0 spiro atoms. The number of halogens is 1. The minimum atomic E-state index is -0.603. The van der Waals surface area contributed by atoms with E-state index in [2.05, 4.69) is 25.9 Å². The molecule has 0 radical (unpaired) electrons. The minimum Gasteiger partial charge on any atom is -0.493 e. The van der Waals surface area contributed by atoms with Gasteiger partial charge in [-0.25, -0.2) is 4.39 Å². The fourth-order valence-electron chi connectivity index (χ4n) is 4.29. The van der Waals surface area contributed by atoms with Crippen LogP contribution in [-0.2, 0) is 0 Å². The third-order valence-electron chi connectivity index (χ3n) is 5.98. The van der Waals surface area contributed by atoms with Crippen molar-refractivity contribution >= 4 is 21.7 Å². The lowest BCUT2D eigenvalue weighted by Gasteiger charge is -2.19. The Morgan fingerprint density at radius 3 is 2.84 bits per heavy atom. The molecule has 1 saturated heterocycles. The van der Waals surface area contributed by atoms with Crippen LogP contribution in [0.1, 0.15) is 18.4 Å². The fraction of sp³-hybridized carbons (Fsp3) is 0.292. The summed E-state index contributed by atoms with van der Waals surface area (Å²) < 4.78 is 21.4. The van der Waals surface area contributed by atoms with E-state index in [9.17, 15) is 5.11 Å². The Kier molecular flexibility index (Phi) is 4.90. The summed E-state index contributed by atoms with van der Waals surface area (Å²) in [6.45, 7) is 3.38. The molecule has 0 saturated carbocycles. The van der Waals surface area contributed by atoms with Gasteiger partial charge in [0.15, 0.2) is 5.82 Å². The van der Waals surface area contributed by atoms with E-state index in [1.165, 1.54) is 6.20 Å². The third-order valence-corrected chi connectivity index (χ3v) is 5.98. The molecule has 0 aliphatic carbocycles. The van der Waals surface area contributed by atoms with Crippen LogP contribution in [0.15, 0.2) is 42.6 Å². The van der Waals surface area contributed by atoms with Gasteiger partial charge in [-0.3, -0.25) is 4.98 Å². The van der Waals surface area contributed by atoms with Gasteiger partial charge >= 0.3 is 6.01 Å². The molecule has 3 heterocycles. The van der Waals surface area contributed by atoms with E-state index >= 15 is 4.39 Å². The molecule has 4 aromatic rings. The normalized spacial score (nSPS) is 16.9. The second kappa shape index (κ2) is 7.74. The molecule has 5 rings (SSSR count). The van der Waals surface area contributed by atoms with Crippen LogP contribution in [0.2, 0.25) is 0 Å². The van der Waals surface area contributed by atoms with Crippen LogP contribution in [0.5, 0.6) is 11.9 Å². The number of aromatic hydroxyl groups is 1. The number of likely N-dealkylation sites (N-methyl/N-ethyl adjacent to an activating group) is 1. The van der Waals surface area contributed by atoms with Crippen molar-refractivity contribution in [2.24, 2.45) is 0 Å². The zero-order valence-corrected chi connectivity index (χ0v) is 17.5. The number of hydrogen-bond acceptors (Lipinski definition) is 6. The molecule has 1 aliphatic rings. The summed E-state index contributed by atoms with van der Waals surface area (Å²) in [5.41, 5.74) is 1.87. The van der Waals surface area contributed by atoms with Gasteiger partial charge in [0.1, 0.15) is 17.8 Å². The molecule has 158 valence electrons. The first-order valence-corrected chi connectivity index (χ1v) is 10.4. The van der Waals surface area contributed by atoms with E-state index in [0.717, 1.165) is 35.7 Å². The standard InChI is InChI=1S/C24H23FN4O2/c1-14-10-15-6-3-4-8-17(15)18(11-14)21-20(25)22-19(12-26-21)23(30)28-24(27-22)31-13-16-7-5-9-29(16)2/h3-4,6,8,10-12,16H,5,7,9,13H2,1-2H3,(H,27,28,30)/t16-/m0/s1. The highest BCUT2D eigenvalue weighted by Gasteiger charge is 2.23. The van der Waals surface area contributed by atoms with E-state index in [1.54, 1.807) is 0 Å². The number of pyridine rings is 1. The van der Waals surface area contributed by atoms with Crippen LogP contribution >= 0.6 is 0 Å². The Labute approximate surface area is 179 Å². The molecule has 1 N–H and O–H groups in total. The van der Waals surface area contributed by atoms with Crippen molar-refractivity contribution in [1.29, 1.82) is 0 Å².